The highest BCUT2D eigenvalue weighted by Gasteiger charge is 2.20. The van der Waals surface area contributed by atoms with Crippen LogP contribution in [0.5, 0.6) is 5.88 Å². The summed E-state index contributed by atoms with van der Waals surface area (Å²) in [7, 11) is 1.56. The number of amides is 1. The van der Waals surface area contributed by atoms with Gasteiger partial charge < -0.3 is 15.0 Å². The van der Waals surface area contributed by atoms with Crippen LogP contribution >= 0.6 is 11.3 Å². The van der Waals surface area contributed by atoms with Crippen LogP contribution in [-0.4, -0.2) is 27.6 Å². The molecule has 3 aromatic heterocycles. The second kappa shape index (κ2) is 8.08. The number of carbonyl (C=O) groups is 1. The van der Waals surface area contributed by atoms with Gasteiger partial charge in [0.25, 0.3) is 5.91 Å². The van der Waals surface area contributed by atoms with Crippen LogP contribution in [0.1, 0.15) is 21.6 Å². The standard InChI is InChI=1S/C22H19FN4O2S/c1-13-16(21(24)28)9-19(27(13)11-15-5-3-4-6-17(15)23)18-12-30-22(26-18)14-7-8-20(29-2)25-10-14/h3-10,12H,11H2,1-2H3,(H2,24,28). The first-order chi connectivity index (χ1) is 14.5. The molecule has 0 fully saturated rings. The predicted octanol–water partition coefficient (Wildman–Crippen LogP) is 4.28. The molecule has 1 amide bonds. The number of carbonyl (C=O) groups excluding carboxylic acids is 1. The number of pyridine rings is 1. The monoisotopic (exact) mass is 422 g/mol. The Morgan fingerprint density at radius 2 is 2.07 bits per heavy atom. The highest BCUT2D eigenvalue weighted by molar-refractivity contribution is 7.13. The molecule has 0 aliphatic carbocycles. The van der Waals surface area contributed by atoms with Gasteiger partial charge in [-0.1, -0.05) is 18.2 Å². The lowest BCUT2D eigenvalue weighted by atomic mass is 10.2. The molecular weight excluding hydrogens is 403 g/mol. The van der Waals surface area contributed by atoms with E-state index >= 15 is 0 Å². The average molecular weight is 422 g/mol. The van der Waals surface area contributed by atoms with Crippen molar-refractivity contribution >= 4 is 17.2 Å². The Morgan fingerprint density at radius 1 is 1.27 bits per heavy atom. The zero-order valence-corrected chi connectivity index (χ0v) is 17.2. The third kappa shape index (κ3) is 3.69. The molecular formula is C22H19FN4O2S. The van der Waals surface area contributed by atoms with Crippen molar-refractivity contribution in [1.82, 2.24) is 14.5 Å². The summed E-state index contributed by atoms with van der Waals surface area (Å²) in [5, 5.41) is 2.67. The van der Waals surface area contributed by atoms with E-state index in [-0.39, 0.29) is 12.4 Å². The first kappa shape index (κ1) is 19.8. The first-order valence-corrected chi connectivity index (χ1v) is 10.1. The number of primary amides is 1. The Kier molecular flexibility index (Phi) is 5.33. The van der Waals surface area contributed by atoms with Gasteiger partial charge in [-0.15, -0.1) is 11.3 Å². The van der Waals surface area contributed by atoms with E-state index in [4.69, 9.17) is 15.5 Å². The fourth-order valence-electron chi connectivity index (χ4n) is 3.26. The second-order valence-electron chi connectivity index (χ2n) is 6.70. The van der Waals surface area contributed by atoms with E-state index in [0.29, 0.717) is 34.1 Å². The van der Waals surface area contributed by atoms with Crippen molar-refractivity contribution in [3.05, 3.63) is 76.7 Å². The van der Waals surface area contributed by atoms with Crippen LogP contribution in [0.15, 0.2) is 54.0 Å². The van der Waals surface area contributed by atoms with Crippen molar-refractivity contribution < 1.29 is 13.9 Å². The predicted molar refractivity (Wildman–Crippen MR) is 114 cm³/mol. The lowest BCUT2D eigenvalue weighted by Crippen LogP contribution is -2.13. The minimum Gasteiger partial charge on any atom is -0.481 e. The van der Waals surface area contributed by atoms with Crippen molar-refractivity contribution in [3.8, 4) is 27.8 Å². The molecule has 0 aliphatic rings. The topological polar surface area (TPSA) is 83.0 Å². The first-order valence-electron chi connectivity index (χ1n) is 9.17. The molecule has 1 aromatic carbocycles. The highest BCUT2D eigenvalue weighted by atomic mass is 32.1. The summed E-state index contributed by atoms with van der Waals surface area (Å²) in [6, 6.07) is 11.9. The van der Waals surface area contributed by atoms with E-state index < -0.39 is 5.91 Å². The molecule has 30 heavy (non-hydrogen) atoms. The van der Waals surface area contributed by atoms with E-state index in [1.165, 1.54) is 17.4 Å². The molecule has 4 aromatic rings. The molecule has 0 bridgehead atoms. The Bertz CT molecular complexity index is 1210. The zero-order valence-electron chi connectivity index (χ0n) is 16.4. The smallest absolute Gasteiger partial charge is 0.250 e. The normalized spacial score (nSPS) is 10.9. The summed E-state index contributed by atoms with van der Waals surface area (Å²) in [4.78, 5) is 20.9. The Balaban J connectivity index is 1.76. The number of benzene rings is 1. The zero-order chi connectivity index (χ0) is 21.3. The van der Waals surface area contributed by atoms with Gasteiger partial charge in [0.05, 0.1) is 30.6 Å². The number of hydrogen-bond acceptors (Lipinski definition) is 5. The van der Waals surface area contributed by atoms with Crippen molar-refractivity contribution in [2.45, 2.75) is 13.5 Å². The van der Waals surface area contributed by atoms with Crippen molar-refractivity contribution in [2.24, 2.45) is 5.73 Å². The lowest BCUT2D eigenvalue weighted by molar-refractivity contribution is 0.0999. The summed E-state index contributed by atoms with van der Waals surface area (Å²) in [5.74, 6) is -0.313. The molecule has 0 saturated heterocycles. The van der Waals surface area contributed by atoms with Gasteiger partial charge in [-0.2, -0.15) is 0 Å². The van der Waals surface area contributed by atoms with E-state index in [2.05, 4.69) is 4.98 Å². The van der Waals surface area contributed by atoms with Gasteiger partial charge in [-0.3, -0.25) is 4.79 Å². The maximum Gasteiger partial charge on any atom is 0.250 e. The van der Waals surface area contributed by atoms with Gasteiger partial charge in [0.15, 0.2) is 0 Å². The largest absolute Gasteiger partial charge is 0.481 e. The molecule has 152 valence electrons. The fourth-order valence-corrected chi connectivity index (χ4v) is 4.06. The molecule has 4 rings (SSSR count). The maximum atomic E-state index is 14.3. The van der Waals surface area contributed by atoms with Crippen molar-refractivity contribution in [1.29, 1.82) is 0 Å². The summed E-state index contributed by atoms with van der Waals surface area (Å²) < 4.78 is 21.2. The van der Waals surface area contributed by atoms with Crippen molar-refractivity contribution in [3.63, 3.8) is 0 Å². The van der Waals surface area contributed by atoms with E-state index in [1.807, 2.05) is 16.0 Å². The van der Waals surface area contributed by atoms with Gasteiger partial charge in [0, 0.05) is 34.5 Å². The third-order valence-electron chi connectivity index (χ3n) is 4.88. The van der Waals surface area contributed by atoms with Gasteiger partial charge in [-0.05, 0) is 25.1 Å². The summed E-state index contributed by atoms with van der Waals surface area (Å²) in [5.41, 5.74) is 9.37. The van der Waals surface area contributed by atoms with Crippen LogP contribution < -0.4 is 10.5 Å². The number of nitrogens with two attached hydrogens (primary N) is 1. The van der Waals surface area contributed by atoms with E-state index in [1.54, 1.807) is 50.6 Å². The van der Waals surface area contributed by atoms with Gasteiger partial charge in [0.1, 0.15) is 10.8 Å². The molecule has 6 nitrogen and oxygen atoms in total. The number of hydrogen-bond donors (Lipinski definition) is 1. The summed E-state index contributed by atoms with van der Waals surface area (Å²) in [6.07, 6.45) is 1.69. The minimum atomic E-state index is -0.532. The SMILES string of the molecule is COc1ccc(-c2nc(-c3cc(C(N)=O)c(C)n3Cc3ccccc3F)cs2)cn1. The Hall–Kier alpha value is -3.52. The fraction of sp³-hybridized carbons (Fsp3) is 0.136. The number of aromatic nitrogens is 3. The van der Waals surface area contributed by atoms with Crippen LogP contribution in [0.3, 0.4) is 0 Å². The minimum absolute atomic E-state index is 0.262. The van der Waals surface area contributed by atoms with Crippen molar-refractivity contribution in [2.75, 3.05) is 7.11 Å². The summed E-state index contributed by atoms with van der Waals surface area (Å²) >= 11 is 1.46. The quantitative estimate of drug-likeness (QED) is 0.503. The molecule has 2 N–H and O–H groups in total. The van der Waals surface area contributed by atoms with Crippen LogP contribution in [0.25, 0.3) is 22.0 Å². The molecule has 3 heterocycles. The van der Waals surface area contributed by atoms with Gasteiger partial charge >= 0.3 is 0 Å². The van der Waals surface area contributed by atoms with Crippen LogP contribution in [-0.2, 0) is 6.54 Å². The number of methoxy groups -OCH3 is 1. The van der Waals surface area contributed by atoms with E-state index in [9.17, 15) is 9.18 Å². The van der Waals surface area contributed by atoms with Crippen LogP contribution in [0.4, 0.5) is 4.39 Å². The number of nitrogens with zero attached hydrogens (tertiary/aromatic N) is 3. The number of ether oxygens (including phenoxy) is 1. The lowest BCUT2D eigenvalue weighted by Gasteiger charge is -2.11. The molecule has 0 unspecified atom stereocenters. The van der Waals surface area contributed by atoms with Crippen LogP contribution in [0, 0.1) is 12.7 Å². The average Bonchev–Trinajstić information content (AvgIpc) is 3.35. The molecule has 0 atom stereocenters. The Labute approximate surface area is 176 Å². The number of thiazole rings is 1. The molecule has 0 aliphatic heterocycles. The van der Waals surface area contributed by atoms with Gasteiger partial charge in [0.2, 0.25) is 5.88 Å². The molecule has 8 heteroatoms. The highest BCUT2D eigenvalue weighted by Crippen LogP contribution is 2.32. The second-order valence-corrected chi connectivity index (χ2v) is 7.56. The Morgan fingerprint density at radius 3 is 2.73 bits per heavy atom. The molecule has 0 radical (unpaired) electrons. The molecule has 0 spiro atoms. The maximum absolute atomic E-state index is 14.3. The number of halogens is 1. The van der Waals surface area contributed by atoms with Crippen LogP contribution in [0.2, 0.25) is 0 Å². The molecule has 0 saturated carbocycles. The number of rotatable bonds is 6. The summed E-state index contributed by atoms with van der Waals surface area (Å²) in [6.45, 7) is 2.06. The van der Waals surface area contributed by atoms with E-state index in [0.717, 1.165) is 10.6 Å². The van der Waals surface area contributed by atoms with Gasteiger partial charge in [-0.25, -0.2) is 14.4 Å². The third-order valence-corrected chi connectivity index (χ3v) is 5.77.